The lowest BCUT2D eigenvalue weighted by molar-refractivity contribution is 1.11. The fraction of sp³-hybridized carbons (Fsp3) is 0.0952. The highest BCUT2D eigenvalue weighted by atomic mass is 15.1. The Hall–Kier alpha value is -3.67. The van der Waals surface area contributed by atoms with Crippen LogP contribution in [0.1, 0.15) is 16.8 Å². The molecule has 0 saturated carbocycles. The number of anilines is 2. The van der Waals surface area contributed by atoms with Crippen molar-refractivity contribution in [3.8, 4) is 11.3 Å². The van der Waals surface area contributed by atoms with Crippen LogP contribution in [-0.4, -0.2) is 26.7 Å². The third kappa shape index (κ3) is 2.91. The molecule has 0 radical (unpaired) electrons. The number of aromatic nitrogens is 4. The smallest absolute Gasteiger partial charge is 0.220 e. The minimum absolute atomic E-state index is 0.268. The Bertz CT molecular complexity index is 1170. The first-order chi connectivity index (χ1) is 13.3. The number of benzene rings is 2. The van der Waals surface area contributed by atoms with Crippen molar-refractivity contribution in [2.75, 3.05) is 17.6 Å². The molecule has 0 atom stereocenters. The highest BCUT2D eigenvalue weighted by Crippen LogP contribution is 2.26. The number of aromatic amines is 1. The Morgan fingerprint density at radius 2 is 2.00 bits per heavy atom. The summed E-state index contributed by atoms with van der Waals surface area (Å²) in [5, 5.41) is 12.0. The number of hydrogen-bond donors (Lipinski definition) is 3. The van der Waals surface area contributed by atoms with E-state index in [0.717, 1.165) is 46.4 Å². The molecule has 0 amide bonds. The van der Waals surface area contributed by atoms with Crippen molar-refractivity contribution in [3.63, 3.8) is 0 Å². The highest BCUT2D eigenvalue weighted by molar-refractivity contribution is 5.92. The monoisotopic (exact) mass is 354 g/mol. The molecule has 6 heteroatoms. The maximum atomic E-state index is 5.69. The summed E-state index contributed by atoms with van der Waals surface area (Å²) < 4.78 is 0. The van der Waals surface area contributed by atoms with Crippen LogP contribution in [0, 0.1) is 0 Å². The Labute approximate surface area is 156 Å². The molecule has 1 aliphatic heterocycles. The van der Waals surface area contributed by atoms with Gasteiger partial charge in [-0.15, -0.1) is 0 Å². The number of fused-ring (bicyclic) bond motifs is 2. The first-order valence-electron chi connectivity index (χ1n) is 8.88. The number of nitrogens with zero attached hydrogens (tertiary/aromatic N) is 3. The fourth-order valence-corrected chi connectivity index (χ4v) is 3.45. The van der Waals surface area contributed by atoms with E-state index >= 15 is 0 Å². The molecule has 0 unspecified atom stereocenters. The normalized spacial score (nSPS) is 13.2. The number of hydrogen-bond acceptors (Lipinski definition) is 5. The van der Waals surface area contributed by atoms with Gasteiger partial charge in [-0.25, -0.2) is 9.97 Å². The van der Waals surface area contributed by atoms with Gasteiger partial charge in [0.25, 0.3) is 0 Å². The van der Waals surface area contributed by atoms with Gasteiger partial charge in [0.2, 0.25) is 5.95 Å². The molecule has 2 aromatic heterocycles. The van der Waals surface area contributed by atoms with Gasteiger partial charge in [-0.1, -0.05) is 24.3 Å². The Morgan fingerprint density at radius 3 is 2.93 bits per heavy atom. The highest BCUT2D eigenvalue weighted by Gasteiger charge is 2.09. The predicted octanol–water partition coefficient (Wildman–Crippen LogP) is 3.74. The lowest BCUT2D eigenvalue weighted by atomic mass is 10.1. The van der Waals surface area contributed by atoms with Crippen molar-refractivity contribution in [1.29, 1.82) is 0 Å². The molecule has 132 valence electrons. The van der Waals surface area contributed by atoms with Gasteiger partial charge in [-0.3, -0.25) is 5.10 Å². The second kappa shape index (κ2) is 6.25. The van der Waals surface area contributed by atoms with Gasteiger partial charge >= 0.3 is 0 Å². The molecule has 0 saturated heterocycles. The zero-order chi connectivity index (χ0) is 18.2. The molecule has 1 aliphatic rings. The molecule has 0 aliphatic carbocycles. The van der Waals surface area contributed by atoms with Gasteiger partial charge in [0.15, 0.2) is 0 Å². The van der Waals surface area contributed by atoms with Crippen LogP contribution in [0.5, 0.6) is 0 Å². The summed E-state index contributed by atoms with van der Waals surface area (Å²) in [6, 6.07) is 14.5. The van der Waals surface area contributed by atoms with Crippen molar-refractivity contribution in [2.24, 2.45) is 0 Å². The van der Waals surface area contributed by atoms with Crippen molar-refractivity contribution in [1.82, 2.24) is 20.2 Å². The second-order valence-electron chi connectivity index (χ2n) is 6.60. The third-order valence-corrected chi connectivity index (χ3v) is 4.84. The summed E-state index contributed by atoms with van der Waals surface area (Å²) >= 11 is 0. The van der Waals surface area contributed by atoms with Crippen LogP contribution in [0.4, 0.5) is 11.6 Å². The summed E-state index contributed by atoms with van der Waals surface area (Å²) in [6.07, 6.45) is 6.89. The maximum absolute atomic E-state index is 5.69. The van der Waals surface area contributed by atoms with Crippen molar-refractivity contribution in [3.05, 3.63) is 65.5 Å². The lowest BCUT2D eigenvalue weighted by Crippen LogP contribution is -1.94. The number of H-pyrrole nitrogens is 1. The number of nitrogens with one attached hydrogen (secondary N) is 2. The topological polar surface area (TPSA) is 92.5 Å². The molecule has 3 heterocycles. The molecule has 0 fully saturated rings. The standard InChI is InChI=1S/C21H18N6/c22-21-24-10-8-17(25-21)15-4-5-16-18(26-27-20(16)12-15)6-2-13-1-3-14-7-9-23-19(14)11-13/h1-6,8,10-12,23H,7,9H2,(H,26,27)(H2,22,24,25). The minimum atomic E-state index is 0.268. The predicted molar refractivity (Wildman–Crippen MR) is 109 cm³/mol. The van der Waals surface area contributed by atoms with Gasteiger partial charge in [-0.2, -0.15) is 5.10 Å². The quantitative estimate of drug-likeness (QED) is 0.521. The van der Waals surface area contributed by atoms with E-state index in [1.807, 2.05) is 24.3 Å². The Balaban J connectivity index is 1.46. The van der Waals surface area contributed by atoms with Crippen molar-refractivity contribution >= 4 is 34.7 Å². The number of nitrogen functional groups attached to an aromatic ring is 1. The summed E-state index contributed by atoms with van der Waals surface area (Å²) in [6.45, 7) is 1.02. The molecule has 0 bridgehead atoms. The summed E-state index contributed by atoms with van der Waals surface area (Å²) in [7, 11) is 0. The minimum Gasteiger partial charge on any atom is -0.384 e. The van der Waals surface area contributed by atoms with Gasteiger partial charge in [0.1, 0.15) is 0 Å². The molecule has 6 nitrogen and oxygen atoms in total. The molecule has 5 rings (SSSR count). The lowest BCUT2D eigenvalue weighted by Gasteiger charge is -2.02. The zero-order valence-corrected chi connectivity index (χ0v) is 14.6. The van der Waals surface area contributed by atoms with E-state index in [2.05, 4.69) is 55.8 Å². The molecule has 27 heavy (non-hydrogen) atoms. The van der Waals surface area contributed by atoms with E-state index in [1.54, 1.807) is 6.20 Å². The average molecular weight is 354 g/mol. The largest absolute Gasteiger partial charge is 0.384 e. The van der Waals surface area contributed by atoms with Crippen LogP contribution in [0.3, 0.4) is 0 Å². The van der Waals surface area contributed by atoms with E-state index in [9.17, 15) is 0 Å². The molecule has 4 aromatic rings. The fourth-order valence-electron chi connectivity index (χ4n) is 3.45. The van der Waals surface area contributed by atoms with E-state index in [-0.39, 0.29) is 5.95 Å². The summed E-state index contributed by atoms with van der Waals surface area (Å²) in [5.41, 5.74) is 13.1. The van der Waals surface area contributed by atoms with E-state index in [0.29, 0.717) is 0 Å². The summed E-state index contributed by atoms with van der Waals surface area (Å²) in [4.78, 5) is 8.21. The van der Waals surface area contributed by atoms with Crippen LogP contribution in [0.25, 0.3) is 34.3 Å². The van der Waals surface area contributed by atoms with Crippen LogP contribution in [0.15, 0.2) is 48.7 Å². The molecule has 2 aromatic carbocycles. The first-order valence-corrected chi connectivity index (χ1v) is 8.88. The molecule has 0 spiro atoms. The van der Waals surface area contributed by atoms with Gasteiger partial charge < -0.3 is 11.1 Å². The molecular weight excluding hydrogens is 336 g/mol. The van der Waals surface area contributed by atoms with E-state index in [1.165, 1.54) is 11.3 Å². The summed E-state index contributed by atoms with van der Waals surface area (Å²) in [5.74, 6) is 0.268. The van der Waals surface area contributed by atoms with Crippen LogP contribution in [0.2, 0.25) is 0 Å². The number of nitrogens with two attached hydrogens (primary N) is 1. The van der Waals surface area contributed by atoms with E-state index in [4.69, 9.17) is 5.73 Å². The SMILES string of the molecule is Nc1nccc(-c2ccc3c(C=Cc4ccc5c(c4)NCC5)n[nH]c3c2)n1. The Kier molecular flexibility index (Phi) is 3.60. The van der Waals surface area contributed by atoms with Crippen LogP contribution in [-0.2, 0) is 6.42 Å². The zero-order valence-electron chi connectivity index (χ0n) is 14.6. The first kappa shape index (κ1) is 15.6. The molecular formula is C21H18N6. The van der Waals surface area contributed by atoms with Crippen LogP contribution >= 0.6 is 0 Å². The average Bonchev–Trinajstić information content (AvgIpc) is 3.32. The third-order valence-electron chi connectivity index (χ3n) is 4.84. The van der Waals surface area contributed by atoms with Crippen molar-refractivity contribution < 1.29 is 0 Å². The van der Waals surface area contributed by atoms with Crippen molar-refractivity contribution in [2.45, 2.75) is 6.42 Å². The van der Waals surface area contributed by atoms with Gasteiger partial charge in [0, 0.05) is 29.4 Å². The Morgan fingerprint density at radius 1 is 1.04 bits per heavy atom. The second-order valence-corrected chi connectivity index (χ2v) is 6.60. The van der Waals surface area contributed by atoms with E-state index < -0.39 is 0 Å². The van der Waals surface area contributed by atoms with Gasteiger partial charge in [0.05, 0.1) is 16.9 Å². The maximum Gasteiger partial charge on any atom is 0.220 e. The molecule has 4 N–H and O–H groups in total. The van der Waals surface area contributed by atoms with Gasteiger partial charge in [-0.05, 0) is 47.9 Å². The number of rotatable bonds is 3. The van der Waals surface area contributed by atoms with Crippen LogP contribution < -0.4 is 11.1 Å².